The fourth-order valence-corrected chi connectivity index (χ4v) is 3.80. The minimum Gasteiger partial charge on any atom is -0.378 e. The lowest BCUT2D eigenvalue weighted by Gasteiger charge is -2.31. The number of halogens is 1. The molecule has 1 saturated heterocycles. The molecule has 1 aliphatic rings. The highest BCUT2D eigenvalue weighted by atomic mass is 19.1. The SMILES string of the molecule is CCN(CC)C(=O)Nc1ccc(F)c(-c2ccn3c(C4COCCN4C)cnc3n2)c1. The molecule has 0 bridgehead atoms. The van der Waals surface area contributed by atoms with Crippen molar-refractivity contribution >= 4 is 17.5 Å². The molecular weight excluding hydrogens is 399 g/mol. The van der Waals surface area contributed by atoms with Crippen LogP contribution in [0.15, 0.2) is 36.7 Å². The van der Waals surface area contributed by atoms with Gasteiger partial charge in [0, 0.05) is 37.1 Å². The van der Waals surface area contributed by atoms with Gasteiger partial charge in [-0.2, -0.15) is 0 Å². The fourth-order valence-electron chi connectivity index (χ4n) is 3.80. The largest absolute Gasteiger partial charge is 0.378 e. The summed E-state index contributed by atoms with van der Waals surface area (Å²) in [6.07, 6.45) is 3.64. The smallest absolute Gasteiger partial charge is 0.321 e. The molecule has 4 rings (SSSR count). The summed E-state index contributed by atoms with van der Waals surface area (Å²) in [7, 11) is 2.06. The number of imidazole rings is 1. The van der Waals surface area contributed by atoms with Gasteiger partial charge in [-0.25, -0.2) is 19.2 Å². The van der Waals surface area contributed by atoms with Gasteiger partial charge in [-0.15, -0.1) is 0 Å². The maximum absolute atomic E-state index is 14.6. The molecule has 1 aliphatic heterocycles. The van der Waals surface area contributed by atoms with E-state index in [1.807, 2.05) is 24.4 Å². The number of amides is 2. The van der Waals surface area contributed by atoms with Crippen LogP contribution in [0.1, 0.15) is 25.6 Å². The van der Waals surface area contributed by atoms with Gasteiger partial charge >= 0.3 is 6.03 Å². The molecule has 2 aromatic heterocycles. The zero-order valence-corrected chi connectivity index (χ0v) is 18.0. The van der Waals surface area contributed by atoms with E-state index in [0.717, 1.165) is 12.2 Å². The molecule has 3 heterocycles. The lowest BCUT2D eigenvalue weighted by molar-refractivity contribution is 0.00321. The molecule has 0 radical (unpaired) electrons. The van der Waals surface area contributed by atoms with Crippen LogP contribution in [-0.2, 0) is 4.74 Å². The van der Waals surface area contributed by atoms with E-state index in [1.165, 1.54) is 6.07 Å². The molecule has 9 heteroatoms. The van der Waals surface area contributed by atoms with Crippen LogP contribution < -0.4 is 5.32 Å². The average Bonchev–Trinajstić information content (AvgIpc) is 3.19. The molecule has 1 atom stereocenters. The summed E-state index contributed by atoms with van der Waals surface area (Å²) in [5.41, 5.74) is 2.26. The Morgan fingerprint density at radius 2 is 2.13 bits per heavy atom. The third-order valence-corrected chi connectivity index (χ3v) is 5.69. The van der Waals surface area contributed by atoms with Crippen molar-refractivity contribution in [1.82, 2.24) is 24.2 Å². The van der Waals surface area contributed by atoms with Crippen LogP contribution in [0.2, 0.25) is 0 Å². The number of nitrogens with one attached hydrogen (secondary N) is 1. The zero-order valence-electron chi connectivity index (χ0n) is 18.0. The summed E-state index contributed by atoms with van der Waals surface area (Å²) in [6, 6.07) is 6.11. The van der Waals surface area contributed by atoms with E-state index in [-0.39, 0.29) is 12.1 Å². The highest BCUT2D eigenvalue weighted by Crippen LogP contribution is 2.27. The molecule has 3 aromatic rings. The third-order valence-electron chi connectivity index (χ3n) is 5.69. The molecule has 0 aliphatic carbocycles. The van der Waals surface area contributed by atoms with Crippen molar-refractivity contribution in [2.45, 2.75) is 19.9 Å². The highest BCUT2D eigenvalue weighted by molar-refractivity contribution is 5.90. The van der Waals surface area contributed by atoms with Gasteiger partial charge in [0.05, 0.1) is 36.8 Å². The van der Waals surface area contributed by atoms with Gasteiger partial charge in [0.25, 0.3) is 0 Å². The quantitative estimate of drug-likeness (QED) is 0.677. The van der Waals surface area contributed by atoms with E-state index in [4.69, 9.17) is 4.74 Å². The predicted molar refractivity (Wildman–Crippen MR) is 117 cm³/mol. The number of hydrogen-bond acceptors (Lipinski definition) is 5. The van der Waals surface area contributed by atoms with Gasteiger partial charge in [0.1, 0.15) is 5.82 Å². The third kappa shape index (κ3) is 4.24. The first kappa shape index (κ1) is 21.2. The van der Waals surface area contributed by atoms with E-state index in [2.05, 4.69) is 27.2 Å². The summed E-state index contributed by atoms with van der Waals surface area (Å²) in [4.78, 5) is 25.2. The molecule has 2 amide bonds. The Morgan fingerprint density at radius 1 is 1.32 bits per heavy atom. The molecule has 1 fully saturated rings. The standard InChI is InChI=1S/C22H27FN6O2/c1-4-28(5-2)22(30)25-15-6-7-17(23)16(12-15)18-8-9-29-19(13-24-21(29)26-18)20-14-31-11-10-27(20)3/h6-9,12-13,20H,4-5,10-11,14H2,1-3H3,(H,25,30). The number of likely N-dealkylation sites (N-methyl/N-ethyl adjacent to an activating group) is 1. The van der Waals surface area contributed by atoms with Crippen molar-refractivity contribution in [1.29, 1.82) is 0 Å². The second-order valence-corrected chi connectivity index (χ2v) is 7.53. The minimum absolute atomic E-state index is 0.0896. The number of benzene rings is 1. The Labute approximate surface area is 180 Å². The van der Waals surface area contributed by atoms with E-state index in [0.29, 0.717) is 49.0 Å². The first-order valence-electron chi connectivity index (χ1n) is 10.5. The lowest BCUT2D eigenvalue weighted by atomic mass is 10.1. The van der Waals surface area contributed by atoms with Crippen LogP contribution in [0.25, 0.3) is 17.0 Å². The van der Waals surface area contributed by atoms with Gasteiger partial charge in [0.2, 0.25) is 5.78 Å². The van der Waals surface area contributed by atoms with Crippen LogP contribution in [0.5, 0.6) is 0 Å². The Balaban J connectivity index is 1.63. The number of morpholine rings is 1. The lowest BCUT2D eigenvalue weighted by Crippen LogP contribution is -2.37. The Morgan fingerprint density at radius 3 is 2.87 bits per heavy atom. The van der Waals surface area contributed by atoms with Gasteiger partial charge in [0.15, 0.2) is 0 Å². The summed E-state index contributed by atoms with van der Waals surface area (Å²) < 4.78 is 22.1. The van der Waals surface area contributed by atoms with Crippen molar-refractivity contribution in [3.63, 3.8) is 0 Å². The normalized spacial score (nSPS) is 17.1. The van der Waals surface area contributed by atoms with Gasteiger partial charge in [-0.1, -0.05) is 0 Å². The van der Waals surface area contributed by atoms with Crippen molar-refractivity contribution in [2.75, 3.05) is 45.2 Å². The van der Waals surface area contributed by atoms with Crippen LogP contribution in [-0.4, -0.2) is 70.1 Å². The molecule has 8 nitrogen and oxygen atoms in total. The van der Waals surface area contributed by atoms with E-state index < -0.39 is 5.82 Å². The Kier molecular flexibility index (Phi) is 6.15. The second kappa shape index (κ2) is 8.99. The number of nitrogens with zero attached hydrogens (tertiary/aromatic N) is 5. The van der Waals surface area contributed by atoms with Crippen LogP contribution in [0.3, 0.4) is 0 Å². The fraction of sp³-hybridized carbons (Fsp3) is 0.409. The Hall–Kier alpha value is -3.04. The molecule has 0 saturated carbocycles. The molecule has 0 spiro atoms. The molecule has 31 heavy (non-hydrogen) atoms. The Bertz CT molecular complexity index is 1080. The number of urea groups is 1. The molecule has 1 aromatic carbocycles. The molecule has 1 N–H and O–H groups in total. The number of rotatable bonds is 5. The second-order valence-electron chi connectivity index (χ2n) is 7.53. The van der Waals surface area contributed by atoms with Gasteiger partial charge in [-0.3, -0.25) is 9.30 Å². The number of anilines is 1. The number of carbonyl (C=O) groups excluding carboxylic acids is 1. The number of fused-ring (bicyclic) bond motifs is 1. The van der Waals surface area contributed by atoms with Crippen molar-refractivity contribution in [3.8, 4) is 11.3 Å². The summed E-state index contributed by atoms with van der Waals surface area (Å²) in [5, 5.41) is 2.82. The number of ether oxygens (including phenoxy) is 1. The van der Waals surface area contributed by atoms with E-state index in [1.54, 1.807) is 29.3 Å². The van der Waals surface area contributed by atoms with Crippen molar-refractivity contribution in [2.24, 2.45) is 0 Å². The number of aromatic nitrogens is 3. The highest BCUT2D eigenvalue weighted by Gasteiger charge is 2.25. The van der Waals surface area contributed by atoms with Crippen molar-refractivity contribution in [3.05, 3.63) is 48.2 Å². The maximum atomic E-state index is 14.6. The first-order valence-corrected chi connectivity index (χ1v) is 10.5. The summed E-state index contributed by atoms with van der Waals surface area (Å²) in [5.74, 6) is 0.0772. The first-order chi connectivity index (χ1) is 15.0. The summed E-state index contributed by atoms with van der Waals surface area (Å²) in [6.45, 7) is 7.17. The summed E-state index contributed by atoms with van der Waals surface area (Å²) >= 11 is 0. The predicted octanol–water partition coefficient (Wildman–Crippen LogP) is 3.41. The van der Waals surface area contributed by atoms with Crippen LogP contribution in [0, 0.1) is 5.82 Å². The zero-order chi connectivity index (χ0) is 22.0. The molecular formula is C22H27FN6O2. The van der Waals surface area contributed by atoms with Crippen LogP contribution >= 0.6 is 0 Å². The van der Waals surface area contributed by atoms with E-state index in [9.17, 15) is 9.18 Å². The number of hydrogen-bond donors (Lipinski definition) is 1. The van der Waals surface area contributed by atoms with Gasteiger partial charge in [-0.05, 0) is 45.2 Å². The molecule has 164 valence electrons. The maximum Gasteiger partial charge on any atom is 0.321 e. The average molecular weight is 426 g/mol. The van der Waals surface area contributed by atoms with Crippen molar-refractivity contribution < 1.29 is 13.9 Å². The minimum atomic E-state index is -0.412. The molecule has 1 unspecified atom stereocenters. The van der Waals surface area contributed by atoms with Gasteiger partial charge < -0.3 is 15.0 Å². The monoisotopic (exact) mass is 426 g/mol. The topological polar surface area (TPSA) is 75.0 Å². The number of carbonyl (C=O) groups is 1. The van der Waals surface area contributed by atoms with E-state index >= 15 is 0 Å². The van der Waals surface area contributed by atoms with Crippen LogP contribution in [0.4, 0.5) is 14.9 Å².